The molecule has 358 valence electrons. The van der Waals surface area contributed by atoms with Gasteiger partial charge < -0.3 is 23.4 Å². The summed E-state index contributed by atoms with van der Waals surface area (Å²) in [4.78, 5) is 4.31. The Kier molecular flexibility index (Phi) is 8.95. The van der Waals surface area contributed by atoms with Crippen LogP contribution in [-0.2, 0) is 15.9 Å². The molecule has 0 atom stereocenters. The number of rotatable bonds is 6. The molecule has 16 rings (SSSR count). The molecule has 0 bridgehead atoms. The Bertz CT molecular complexity index is 4340. The van der Waals surface area contributed by atoms with Crippen LogP contribution in [0.15, 0.2) is 251 Å². The molecule has 2 aliphatic carbocycles. The lowest BCUT2D eigenvalue weighted by atomic mass is 9.74. The van der Waals surface area contributed by atoms with Crippen LogP contribution in [0.25, 0.3) is 66.1 Å². The Balaban J connectivity index is 1.19. The Morgan fingerprint density at radius 2 is 0.649 bits per heavy atom. The number of anilines is 6. The van der Waals surface area contributed by atoms with Gasteiger partial charge in [-0.15, -0.1) is 0 Å². The third-order valence-corrected chi connectivity index (χ3v) is 16.2. The second kappa shape index (κ2) is 16.0. The minimum absolute atomic E-state index is 0.164. The van der Waals surface area contributed by atoms with E-state index in [1.165, 1.54) is 0 Å². The fraction of sp³-hybridized carbons (Fsp3) is 0.0286. The number of nitrogens with zero attached hydrogens (tertiary/aromatic N) is 4. The van der Waals surface area contributed by atoms with Gasteiger partial charge in [-0.3, -0.25) is 0 Å². The molecule has 7 nitrogen and oxygen atoms in total. The lowest BCUT2D eigenvalue weighted by molar-refractivity contribution is -0.0483. The van der Waals surface area contributed by atoms with Crippen LogP contribution in [-0.4, -0.2) is 0 Å². The van der Waals surface area contributed by atoms with Crippen molar-refractivity contribution in [3.63, 3.8) is 0 Å². The molecule has 3 heterocycles. The van der Waals surface area contributed by atoms with Gasteiger partial charge in [-0.2, -0.15) is 10.5 Å². The first-order chi connectivity index (χ1) is 38.1. The van der Waals surface area contributed by atoms with Gasteiger partial charge in [0.1, 0.15) is 34.5 Å². The highest BCUT2D eigenvalue weighted by Crippen LogP contribution is 2.72. The lowest BCUT2D eigenvalue weighted by Gasteiger charge is -2.36. The van der Waals surface area contributed by atoms with E-state index in [1.54, 1.807) is 0 Å². The second-order valence-electron chi connectivity index (χ2n) is 19.9. The summed E-state index contributed by atoms with van der Waals surface area (Å²) in [6.45, 7) is 0. The largest absolute Gasteiger partial charge is 0.454 e. The fourth-order valence-corrected chi connectivity index (χ4v) is 13.3. The Morgan fingerprint density at radius 1 is 0.325 bits per heavy atom. The van der Waals surface area contributed by atoms with Crippen LogP contribution in [0.1, 0.15) is 44.5 Å². The predicted octanol–water partition coefficient (Wildman–Crippen LogP) is 17.7. The maximum atomic E-state index is 12.5. The first-order valence-electron chi connectivity index (χ1n) is 25.8. The van der Waals surface area contributed by atoms with Gasteiger partial charge in [-0.05, 0) is 70.8 Å². The standard InChI is InChI=1S/C70H40N4O3/c71-41-53-54(42-72)66(74(44-23-5-2-6-24-44)60-38-20-32-52-50-30-12-18-40-62(50)76-68(52)60)64-63(65(53)73(43-21-3-1-4-22-43)59-37-19-31-51-49-29-11-17-39-61(49)75-67(51)59)69(55-33-13-7-25-45(55)46-26-8-14-34-56(46)69)77-70(64)57-35-15-9-27-47(57)48-28-10-16-36-58(48)70/h1-40H. The fourth-order valence-electron chi connectivity index (χ4n) is 13.3. The summed E-state index contributed by atoms with van der Waals surface area (Å²) in [5.74, 6) is 0. The molecule has 0 saturated carbocycles. The smallest absolute Gasteiger partial charge is 0.159 e. The van der Waals surface area contributed by atoms with Gasteiger partial charge in [-0.1, -0.05) is 194 Å². The zero-order chi connectivity index (χ0) is 51.0. The topological polar surface area (TPSA) is 89.6 Å². The van der Waals surface area contributed by atoms with E-state index in [0.717, 1.165) is 99.7 Å². The third-order valence-electron chi connectivity index (χ3n) is 16.2. The van der Waals surface area contributed by atoms with Crippen molar-refractivity contribution in [1.29, 1.82) is 10.5 Å². The van der Waals surface area contributed by atoms with Gasteiger partial charge in [0.15, 0.2) is 11.2 Å². The first-order valence-corrected chi connectivity index (χ1v) is 25.8. The predicted molar refractivity (Wildman–Crippen MR) is 304 cm³/mol. The van der Waals surface area contributed by atoms with Crippen molar-refractivity contribution < 1.29 is 13.6 Å². The minimum Gasteiger partial charge on any atom is -0.454 e. The Morgan fingerprint density at radius 3 is 1.03 bits per heavy atom. The summed E-state index contributed by atoms with van der Waals surface area (Å²) in [7, 11) is 0. The van der Waals surface area contributed by atoms with Crippen molar-refractivity contribution in [3.05, 3.63) is 287 Å². The maximum Gasteiger partial charge on any atom is 0.159 e. The molecule has 0 radical (unpaired) electrons. The van der Waals surface area contributed by atoms with Crippen LogP contribution < -0.4 is 9.80 Å². The van der Waals surface area contributed by atoms with Crippen LogP contribution in [0.3, 0.4) is 0 Å². The van der Waals surface area contributed by atoms with Gasteiger partial charge in [0.25, 0.3) is 0 Å². The summed E-state index contributed by atoms with van der Waals surface area (Å²) < 4.78 is 22.7. The number of furan rings is 2. The number of hydrogen-bond acceptors (Lipinski definition) is 7. The van der Waals surface area contributed by atoms with E-state index in [0.29, 0.717) is 33.9 Å². The van der Waals surface area contributed by atoms with E-state index in [4.69, 9.17) is 13.6 Å². The molecule has 0 fully saturated rings. The van der Waals surface area contributed by atoms with Crippen LogP contribution >= 0.6 is 0 Å². The molecular weight excluding hydrogens is 945 g/mol. The quantitative estimate of drug-likeness (QED) is 0.164. The molecular formula is C70H40N4O3. The highest BCUT2D eigenvalue weighted by Gasteiger charge is 2.66. The van der Waals surface area contributed by atoms with Crippen LogP contribution in [0.4, 0.5) is 34.1 Å². The van der Waals surface area contributed by atoms with E-state index in [-0.39, 0.29) is 11.1 Å². The highest BCUT2D eigenvalue weighted by atomic mass is 16.5. The van der Waals surface area contributed by atoms with Gasteiger partial charge in [0.2, 0.25) is 0 Å². The van der Waals surface area contributed by atoms with Gasteiger partial charge >= 0.3 is 0 Å². The molecule has 3 aliphatic rings. The number of ether oxygens (including phenoxy) is 1. The van der Waals surface area contributed by atoms with E-state index in [1.807, 2.05) is 84.9 Å². The molecule has 2 spiro atoms. The molecule has 77 heavy (non-hydrogen) atoms. The molecule has 0 saturated heterocycles. The zero-order valence-electron chi connectivity index (χ0n) is 41.1. The molecule has 13 aromatic rings. The van der Waals surface area contributed by atoms with Crippen LogP contribution in [0, 0.1) is 22.7 Å². The van der Waals surface area contributed by atoms with E-state index >= 15 is 0 Å². The van der Waals surface area contributed by atoms with Gasteiger partial charge in [0, 0.05) is 66.3 Å². The maximum absolute atomic E-state index is 12.5. The first kappa shape index (κ1) is 43.0. The SMILES string of the molecule is N#Cc1c(C#N)c(N(c2ccccc2)c2cccc3c2oc2ccccc23)c2c(c1N(c1ccccc1)c1cccc3c1oc1ccccc13)C1(OC23c2ccccc2-c2ccccc23)c2ccccc2-c2ccccc21. The number of nitriles is 2. The third kappa shape index (κ3) is 5.60. The summed E-state index contributed by atoms with van der Waals surface area (Å²) in [6.07, 6.45) is 0. The van der Waals surface area contributed by atoms with Crippen molar-refractivity contribution in [2.45, 2.75) is 11.2 Å². The Hall–Kier alpha value is -10.4. The highest BCUT2D eigenvalue weighted by molar-refractivity contribution is 6.13. The number of fused-ring (bicyclic) bond motifs is 19. The summed E-state index contributed by atoms with van der Waals surface area (Å²) in [6, 6.07) is 88.3. The van der Waals surface area contributed by atoms with E-state index in [9.17, 15) is 10.5 Å². The van der Waals surface area contributed by atoms with Crippen molar-refractivity contribution >= 4 is 78.0 Å². The molecule has 2 aromatic heterocycles. The normalized spacial score (nSPS) is 13.8. The van der Waals surface area contributed by atoms with Crippen molar-refractivity contribution in [2.24, 2.45) is 0 Å². The molecule has 0 N–H and O–H groups in total. The number of para-hydroxylation sites is 6. The summed E-state index contributed by atoms with van der Waals surface area (Å²) in [5, 5.41) is 28.8. The molecule has 0 unspecified atom stereocenters. The van der Waals surface area contributed by atoms with Crippen molar-refractivity contribution in [2.75, 3.05) is 9.80 Å². The minimum atomic E-state index is -1.43. The van der Waals surface area contributed by atoms with E-state index < -0.39 is 11.2 Å². The van der Waals surface area contributed by atoms with Gasteiger partial charge in [0.05, 0.1) is 33.9 Å². The molecule has 11 aromatic carbocycles. The second-order valence-corrected chi connectivity index (χ2v) is 19.9. The lowest BCUT2D eigenvalue weighted by Crippen LogP contribution is -2.34. The Labute approximate surface area is 442 Å². The van der Waals surface area contributed by atoms with Crippen LogP contribution in [0.5, 0.6) is 0 Å². The zero-order valence-corrected chi connectivity index (χ0v) is 41.1. The monoisotopic (exact) mass is 984 g/mol. The van der Waals surface area contributed by atoms with E-state index in [2.05, 4.69) is 180 Å². The average molecular weight is 985 g/mol. The number of benzene rings is 11. The van der Waals surface area contributed by atoms with Gasteiger partial charge in [-0.25, -0.2) is 0 Å². The molecule has 7 heteroatoms. The summed E-state index contributed by atoms with van der Waals surface area (Å²) in [5.41, 5.74) is 13.3. The average Bonchev–Trinajstić information content (AvgIpc) is 4.34. The molecule has 0 amide bonds. The van der Waals surface area contributed by atoms with Crippen molar-refractivity contribution in [3.8, 4) is 34.4 Å². The van der Waals surface area contributed by atoms with Crippen molar-refractivity contribution in [1.82, 2.24) is 0 Å². The number of hydrogen-bond donors (Lipinski definition) is 0. The molecule has 1 aliphatic heterocycles. The summed E-state index contributed by atoms with van der Waals surface area (Å²) >= 11 is 0. The van der Waals surface area contributed by atoms with Crippen LogP contribution in [0.2, 0.25) is 0 Å².